The number of hydrogen-bond donors (Lipinski definition) is 4. The fourth-order valence-electron chi connectivity index (χ4n) is 3.26. The van der Waals surface area contributed by atoms with E-state index in [4.69, 9.17) is 0 Å². The number of nitrogens with one attached hydrogen (secondary N) is 4. The molecule has 1 amide bonds. The van der Waals surface area contributed by atoms with E-state index >= 15 is 0 Å². The van der Waals surface area contributed by atoms with Gasteiger partial charge in [0.15, 0.2) is 11.8 Å². The second-order valence-electron chi connectivity index (χ2n) is 6.83. The zero-order valence-electron chi connectivity index (χ0n) is 16.4. The van der Waals surface area contributed by atoms with Crippen LogP contribution in [0.15, 0.2) is 35.6 Å². The van der Waals surface area contributed by atoms with E-state index in [0.29, 0.717) is 19.1 Å². The summed E-state index contributed by atoms with van der Waals surface area (Å²) in [5, 5.41) is 16.3. The van der Waals surface area contributed by atoms with E-state index in [2.05, 4.69) is 53.2 Å². The van der Waals surface area contributed by atoms with Crippen molar-refractivity contribution in [3.8, 4) is 11.4 Å². The van der Waals surface area contributed by atoms with Crippen LogP contribution < -0.4 is 16.0 Å². The van der Waals surface area contributed by atoms with Gasteiger partial charge in [-0.05, 0) is 24.5 Å². The summed E-state index contributed by atoms with van der Waals surface area (Å²) in [5.41, 5.74) is 2.14. The maximum atomic E-state index is 11.5. The summed E-state index contributed by atoms with van der Waals surface area (Å²) in [7, 11) is 3.45. The molecule has 4 N–H and O–H groups in total. The van der Waals surface area contributed by atoms with Gasteiger partial charge in [0.05, 0.1) is 6.54 Å². The standard InChI is InChI=1S/C19H28N8O/c1-20-17(28)12-27-8-6-16(7-9-27)25-19(21-2)22-11-14-4-3-5-15(10-14)18-23-13-24-26-18/h3-5,10,13,16H,6-9,11-12H2,1-2H3,(H,20,28)(H2,21,22,25)(H,23,24,26). The first-order chi connectivity index (χ1) is 13.7. The summed E-state index contributed by atoms with van der Waals surface area (Å²) < 4.78 is 0. The zero-order valence-corrected chi connectivity index (χ0v) is 16.4. The number of likely N-dealkylation sites (tertiary alicyclic amines) is 1. The number of nitrogens with zero attached hydrogens (tertiary/aromatic N) is 4. The average Bonchev–Trinajstić information content (AvgIpc) is 3.27. The van der Waals surface area contributed by atoms with Crippen molar-refractivity contribution in [3.05, 3.63) is 36.2 Å². The van der Waals surface area contributed by atoms with Crippen LogP contribution in [0.5, 0.6) is 0 Å². The fourth-order valence-corrected chi connectivity index (χ4v) is 3.26. The molecule has 3 rings (SSSR count). The number of hydrogen-bond acceptors (Lipinski definition) is 5. The predicted molar refractivity (Wildman–Crippen MR) is 109 cm³/mol. The number of amides is 1. The van der Waals surface area contributed by atoms with E-state index in [1.54, 1.807) is 14.1 Å². The quantitative estimate of drug-likeness (QED) is 0.423. The number of H-pyrrole nitrogens is 1. The molecule has 0 atom stereocenters. The van der Waals surface area contributed by atoms with E-state index in [-0.39, 0.29) is 5.91 Å². The fraction of sp³-hybridized carbons (Fsp3) is 0.474. The summed E-state index contributed by atoms with van der Waals surface area (Å²) in [5.74, 6) is 1.61. The molecule has 0 radical (unpaired) electrons. The summed E-state index contributed by atoms with van der Waals surface area (Å²) in [4.78, 5) is 22.2. The van der Waals surface area contributed by atoms with Crippen LogP contribution in [0, 0.1) is 0 Å². The minimum atomic E-state index is 0.0662. The molecule has 0 saturated carbocycles. The lowest BCUT2D eigenvalue weighted by Gasteiger charge is -2.32. The third-order valence-corrected chi connectivity index (χ3v) is 4.87. The van der Waals surface area contributed by atoms with Gasteiger partial charge in [-0.2, -0.15) is 5.10 Å². The maximum absolute atomic E-state index is 11.5. The molecule has 0 aliphatic carbocycles. The molecule has 150 valence electrons. The summed E-state index contributed by atoms with van der Waals surface area (Å²) in [6.45, 7) is 2.94. The van der Waals surface area contributed by atoms with Crippen molar-refractivity contribution >= 4 is 11.9 Å². The molecule has 1 fully saturated rings. The molecular formula is C19H28N8O. The van der Waals surface area contributed by atoms with Crippen molar-refractivity contribution in [2.24, 2.45) is 4.99 Å². The number of likely N-dealkylation sites (N-methyl/N-ethyl adjacent to an activating group) is 1. The van der Waals surface area contributed by atoms with Crippen LogP contribution in [0.1, 0.15) is 18.4 Å². The largest absolute Gasteiger partial charge is 0.358 e. The Kier molecular flexibility index (Phi) is 6.96. The van der Waals surface area contributed by atoms with Gasteiger partial charge in [0.25, 0.3) is 0 Å². The van der Waals surface area contributed by atoms with Crippen molar-refractivity contribution in [2.75, 3.05) is 33.7 Å². The Balaban J connectivity index is 1.47. The lowest BCUT2D eigenvalue weighted by Crippen LogP contribution is -2.49. The number of piperidine rings is 1. The number of benzene rings is 1. The molecule has 9 heteroatoms. The van der Waals surface area contributed by atoms with Gasteiger partial charge in [0, 0.05) is 45.3 Å². The van der Waals surface area contributed by atoms with Crippen LogP contribution in [-0.4, -0.2) is 71.7 Å². The van der Waals surface area contributed by atoms with Gasteiger partial charge in [0.2, 0.25) is 5.91 Å². The van der Waals surface area contributed by atoms with E-state index in [9.17, 15) is 4.79 Å². The Bertz CT molecular complexity index is 781. The van der Waals surface area contributed by atoms with E-state index in [1.165, 1.54) is 6.33 Å². The van der Waals surface area contributed by atoms with Gasteiger partial charge in [0.1, 0.15) is 6.33 Å². The monoisotopic (exact) mass is 384 g/mol. The Morgan fingerprint density at radius 2 is 2.18 bits per heavy atom. The van der Waals surface area contributed by atoms with Gasteiger partial charge < -0.3 is 16.0 Å². The van der Waals surface area contributed by atoms with Gasteiger partial charge in [-0.25, -0.2) is 4.98 Å². The average molecular weight is 384 g/mol. The third-order valence-electron chi connectivity index (χ3n) is 4.87. The number of aromatic amines is 1. The minimum absolute atomic E-state index is 0.0662. The smallest absolute Gasteiger partial charge is 0.233 e. The Morgan fingerprint density at radius 1 is 1.36 bits per heavy atom. The molecule has 9 nitrogen and oxygen atoms in total. The Hall–Kier alpha value is -2.94. The van der Waals surface area contributed by atoms with Gasteiger partial charge in [-0.3, -0.25) is 19.8 Å². The van der Waals surface area contributed by atoms with Crippen molar-refractivity contribution < 1.29 is 4.79 Å². The lowest BCUT2D eigenvalue weighted by atomic mass is 10.1. The molecule has 1 aromatic heterocycles. The van der Waals surface area contributed by atoms with Crippen molar-refractivity contribution in [2.45, 2.75) is 25.4 Å². The molecular weight excluding hydrogens is 356 g/mol. The topological polar surface area (TPSA) is 110 Å². The molecule has 0 unspecified atom stereocenters. The number of aliphatic imine (C=N–C) groups is 1. The zero-order chi connectivity index (χ0) is 19.8. The van der Waals surface area contributed by atoms with E-state index in [0.717, 1.165) is 48.8 Å². The maximum Gasteiger partial charge on any atom is 0.233 e. The lowest BCUT2D eigenvalue weighted by molar-refractivity contribution is -0.122. The minimum Gasteiger partial charge on any atom is -0.358 e. The van der Waals surface area contributed by atoms with Crippen LogP contribution in [0.3, 0.4) is 0 Å². The molecule has 1 aliphatic rings. The first kappa shape index (κ1) is 19.8. The molecule has 1 aromatic carbocycles. The van der Waals surface area contributed by atoms with Gasteiger partial charge in [-0.1, -0.05) is 18.2 Å². The third kappa shape index (κ3) is 5.53. The molecule has 2 aromatic rings. The highest BCUT2D eigenvalue weighted by atomic mass is 16.1. The first-order valence-corrected chi connectivity index (χ1v) is 9.52. The number of carbonyl (C=O) groups excluding carboxylic acids is 1. The molecule has 1 saturated heterocycles. The normalized spacial score (nSPS) is 16.0. The van der Waals surface area contributed by atoms with Crippen LogP contribution in [-0.2, 0) is 11.3 Å². The summed E-state index contributed by atoms with van der Waals surface area (Å²) in [6, 6.07) is 8.51. The van der Waals surface area contributed by atoms with Crippen molar-refractivity contribution in [1.82, 2.24) is 36.0 Å². The number of aromatic nitrogens is 3. The second kappa shape index (κ2) is 9.84. The van der Waals surface area contributed by atoms with Crippen LogP contribution in [0.2, 0.25) is 0 Å². The highest BCUT2D eigenvalue weighted by Gasteiger charge is 2.21. The predicted octanol–water partition coefficient (Wildman–Crippen LogP) is 0.347. The van der Waals surface area contributed by atoms with Crippen LogP contribution in [0.25, 0.3) is 11.4 Å². The molecule has 0 bridgehead atoms. The Morgan fingerprint density at radius 3 is 2.86 bits per heavy atom. The Labute approximate surface area is 165 Å². The van der Waals surface area contributed by atoms with Gasteiger partial charge >= 0.3 is 0 Å². The number of guanidine groups is 1. The number of carbonyl (C=O) groups is 1. The van der Waals surface area contributed by atoms with Crippen LogP contribution >= 0.6 is 0 Å². The van der Waals surface area contributed by atoms with Crippen molar-refractivity contribution in [3.63, 3.8) is 0 Å². The van der Waals surface area contributed by atoms with Crippen molar-refractivity contribution in [1.29, 1.82) is 0 Å². The molecule has 2 heterocycles. The summed E-state index contributed by atoms with van der Waals surface area (Å²) >= 11 is 0. The first-order valence-electron chi connectivity index (χ1n) is 9.52. The SMILES string of the molecule is CN=C(NCc1cccc(-c2ncn[nH]2)c1)NC1CCN(CC(=O)NC)CC1. The summed E-state index contributed by atoms with van der Waals surface area (Å²) in [6.07, 6.45) is 3.48. The number of rotatable bonds is 6. The van der Waals surface area contributed by atoms with E-state index < -0.39 is 0 Å². The highest BCUT2D eigenvalue weighted by molar-refractivity contribution is 5.80. The van der Waals surface area contributed by atoms with E-state index in [1.807, 2.05) is 12.1 Å². The van der Waals surface area contributed by atoms with Gasteiger partial charge in [-0.15, -0.1) is 0 Å². The second-order valence-corrected chi connectivity index (χ2v) is 6.83. The highest BCUT2D eigenvalue weighted by Crippen LogP contribution is 2.15. The molecule has 0 spiro atoms. The molecule has 1 aliphatic heterocycles. The molecule has 28 heavy (non-hydrogen) atoms. The van der Waals surface area contributed by atoms with Crippen LogP contribution in [0.4, 0.5) is 0 Å².